The SMILES string of the molecule is Cc1cc2nc(CSc3ccc(NC(=O)Nc4ccc(F)cc4)cc3)cc(=O)n2o1. The summed E-state index contributed by atoms with van der Waals surface area (Å²) in [6.45, 7) is 1.76. The van der Waals surface area contributed by atoms with E-state index in [2.05, 4.69) is 15.6 Å². The van der Waals surface area contributed by atoms with Crippen LogP contribution in [0.25, 0.3) is 5.65 Å². The number of urea groups is 1. The molecule has 0 aliphatic heterocycles. The molecule has 4 rings (SSSR count). The average Bonchev–Trinajstić information content (AvgIpc) is 3.10. The van der Waals surface area contributed by atoms with Crippen LogP contribution in [0.5, 0.6) is 0 Å². The first-order valence-corrected chi connectivity index (χ1v) is 10.0. The maximum Gasteiger partial charge on any atom is 0.323 e. The number of halogens is 1. The fourth-order valence-electron chi connectivity index (χ4n) is 2.77. The van der Waals surface area contributed by atoms with Crippen molar-refractivity contribution in [3.05, 3.63) is 88.3 Å². The molecule has 2 heterocycles. The Kier molecular flexibility index (Phi) is 5.53. The summed E-state index contributed by atoms with van der Waals surface area (Å²) in [5.74, 6) is 0.776. The lowest BCUT2D eigenvalue weighted by Gasteiger charge is -2.08. The van der Waals surface area contributed by atoms with Crippen LogP contribution in [0.3, 0.4) is 0 Å². The molecule has 152 valence electrons. The normalized spacial score (nSPS) is 10.9. The lowest BCUT2D eigenvalue weighted by Crippen LogP contribution is -2.19. The van der Waals surface area contributed by atoms with E-state index in [9.17, 15) is 14.0 Å². The lowest BCUT2D eigenvalue weighted by atomic mass is 10.3. The molecule has 9 heteroatoms. The molecule has 0 saturated heterocycles. The fourth-order valence-corrected chi connectivity index (χ4v) is 3.56. The summed E-state index contributed by atoms with van der Waals surface area (Å²) in [6, 6.07) is 15.5. The smallest absolute Gasteiger partial charge is 0.323 e. The number of aryl methyl sites for hydroxylation is 1. The van der Waals surface area contributed by atoms with Crippen LogP contribution in [0.15, 0.2) is 74.9 Å². The Labute approximate surface area is 174 Å². The Hall–Kier alpha value is -3.59. The predicted octanol–water partition coefficient (Wildman–Crippen LogP) is 4.67. The minimum atomic E-state index is -0.421. The van der Waals surface area contributed by atoms with Gasteiger partial charge in [-0.25, -0.2) is 14.2 Å². The number of carbonyl (C=O) groups is 1. The van der Waals surface area contributed by atoms with Crippen molar-refractivity contribution in [1.29, 1.82) is 0 Å². The van der Waals surface area contributed by atoms with Crippen LogP contribution in [-0.2, 0) is 5.75 Å². The van der Waals surface area contributed by atoms with Gasteiger partial charge >= 0.3 is 6.03 Å². The van der Waals surface area contributed by atoms with E-state index >= 15 is 0 Å². The van der Waals surface area contributed by atoms with Gasteiger partial charge < -0.3 is 15.2 Å². The highest BCUT2D eigenvalue weighted by molar-refractivity contribution is 7.98. The summed E-state index contributed by atoms with van der Waals surface area (Å²) in [5.41, 5.74) is 2.00. The van der Waals surface area contributed by atoms with Crippen LogP contribution in [0, 0.1) is 12.7 Å². The molecule has 0 bridgehead atoms. The zero-order valence-corrected chi connectivity index (χ0v) is 16.7. The summed E-state index contributed by atoms with van der Waals surface area (Å²) in [4.78, 5) is 29.5. The molecule has 30 heavy (non-hydrogen) atoms. The molecular weight excluding hydrogens is 407 g/mol. The van der Waals surface area contributed by atoms with Crippen LogP contribution in [0.4, 0.5) is 20.6 Å². The number of nitrogens with one attached hydrogen (secondary N) is 2. The Morgan fingerprint density at radius 1 is 1.07 bits per heavy atom. The van der Waals surface area contributed by atoms with E-state index in [-0.39, 0.29) is 11.4 Å². The number of fused-ring (bicyclic) bond motifs is 1. The first kappa shape index (κ1) is 19.7. The largest absolute Gasteiger partial charge is 0.375 e. The first-order chi connectivity index (χ1) is 14.5. The highest BCUT2D eigenvalue weighted by Gasteiger charge is 2.08. The molecule has 0 spiro atoms. The molecule has 2 aromatic heterocycles. The molecule has 0 saturated carbocycles. The van der Waals surface area contributed by atoms with Gasteiger partial charge in [-0.3, -0.25) is 4.79 Å². The summed E-state index contributed by atoms with van der Waals surface area (Å²) < 4.78 is 19.4. The van der Waals surface area contributed by atoms with E-state index in [0.29, 0.717) is 34.2 Å². The molecule has 2 aromatic carbocycles. The van der Waals surface area contributed by atoms with Crippen LogP contribution in [0.1, 0.15) is 11.5 Å². The second kappa shape index (κ2) is 8.42. The second-order valence-electron chi connectivity index (χ2n) is 6.48. The van der Waals surface area contributed by atoms with Crippen LogP contribution in [-0.4, -0.2) is 15.6 Å². The molecule has 0 fully saturated rings. The minimum Gasteiger partial charge on any atom is -0.375 e. The van der Waals surface area contributed by atoms with Crippen LogP contribution < -0.4 is 16.2 Å². The number of aromatic nitrogens is 2. The molecule has 0 atom stereocenters. The monoisotopic (exact) mass is 424 g/mol. The van der Waals surface area contributed by atoms with E-state index in [1.807, 2.05) is 12.1 Å². The molecule has 0 unspecified atom stereocenters. The van der Waals surface area contributed by atoms with Gasteiger partial charge in [0.2, 0.25) is 0 Å². The zero-order valence-electron chi connectivity index (χ0n) is 15.9. The number of hydrogen-bond donors (Lipinski definition) is 2. The van der Waals surface area contributed by atoms with Crippen molar-refractivity contribution in [2.45, 2.75) is 17.6 Å². The summed E-state index contributed by atoms with van der Waals surface area (Å²) in [5, 5.41) is 5.35. The number of carbonyl (C=O) groups excluding carboxylic acids is 1. The number of hydrogen-bond acceptors (Lipinski definition) is 5. The summed E-state index contributed by atoms with van der Waals surface area (Å²) >= 11 is 1.52. The average molecular weight is 424 g/mol. The van der Waals surface area contributed by atoms with E-state index in [4.69, 9.17) is 4.52 Å². The van der Waals surface area contributed by atoms with E-state index in [1.165, 1.54) is 46.7 Å². The van der Waals surface area contributed by atoms with Gasteiger partial charge in [0, 0.05) is 34.2 Å². The van der Waals surface area contributed by atoms with Crippen molar-refractivity contribution in [3.63, 3.8) is 0 Å². The Balaban J connectivity index is 1.35. The van der Waals surface area contributed by atoms with Crippen molar-refractivity contribution >= 4 is 34.8 Å². The molecule has 0 aliphatic carbocycles. The maximum absolute atomic E-state index is 12.9. The van der Waals surface area contributed by atoms with Crippen molar-refractivity contribution in [3.8, 4) is 0 Å². The third kappa shape index (κ3) is 4.69. The standard InChI is InChI=1S/C21H17FN4O3S/c1-13-10-19-23-17(11-20(27)26(19)29-13)12-30-18-8-6-16(7-9-18)25-21(28)24-15-4-2-14(22)3-5-15/h2-11H,12H2,1H3,(H2,24,25,28). The molecule has 0 aliphatic rings. The molecular formula is C21H17FN4O3S. The number of nitrogens with zero attached hydrogens (tertiary/aromatic N) is 2. The van der Waals surface area contributed by atoms with Crippen molar-refractivity contribution in [1.82, 2.24) is 9.56 Å². The first-order valence-electron chi connectivity index (χ1n) is 9.02. The number of benzene rings is 2. The predicted molar refractivity (Wildman–Crippen MR) is 114 cm³/mol. The fraction of sp³-hybridized carbons (Fsp3) is 0.0952. The van der Waals surface area contributed by atoms with Gasteiger partial charge in [-0.05, 0) is 55.5 Å². The summed E-state index contributed by atoms with van der Waals surface area (Å²) in [6.07, 6.45) is 0. The Morgan fingerprint density at radius 3 is 2.37 bits per heavy atom. The molecule has 4 aromatic rings. The number of amides is 2. The summed E-state index contributed by atoms with van der Waals surface area (Å²) in [7, 11) is 0. The van der Waals surface area contributed by atoms with Gasteiger partial charge in [-0.1, -0.05) is 0 Å². The topological polar surface area (TPSA) is 88.6 Å². The van der Waals surface area contributed by atoms with Gasteiger partial charge in [-0.2, -0.15) is 0 Å². The Bertz CT molecular complexity index is 1250. The zero-order chi connectivity index (χ0) is 21.1. The molecule has 7 nitrogen and oxygen atoms in total. The van der Waals surface area contributed by atoms with E-state index < -0.39 is 6.03 Å². The molecule has 2 N–H and O–H groups in total. The van der Waals surface area contributed by atoms with Crippen LogP contribution in [0.2, 0.25) is 0 Å². The molecule has 0 radical (unpaired) electrons. The maximum atomic E-state index is 12.9. The van der Waals surface area contributed by atoms with Gasteiger partial charge in [-0.15, -0.1) is 16.3 Å². The second-order valence-corrected chi connectivity index (χ2v) is 7.53. The Morgan fingerprint density at radius 2 is 1.70 bits per heavy atom. The number of anilines is 2. The molecule has 2 amide bonds. The lowest BCUT2D eigenvalue weighted by molar-refractivity contribution is 0.262. The quantitative estimate of drug-likeness (QED) is 0.455. The highest BCUT2D eigenvalue weighted by Crippen LogP contribution is 2.24. The third-order valence-corrected chi connectivity index (χ3v) is 5.17. The minimum absolute atomic E-state index is 0.254. The number of rotatable bonds is 5. The van der Waals surface area contributed by atoms with E-state index in [1.54, 1.807) is 25.1 Å². The van der Waals surface area contributed by atoms with Crippen molar-refractivity contribution in [2.24, 2.45) is 0 Å². The van der Waals surface area contributed by atoms with Gasteiger partial charge in [0.25, 0.3) is 5.56 Å². The van der Waals surface area contributed by atoms with Crippen LogP contribution >= 0.6 is 11.8 Å². The van der Waals surface area contributed by atoms with Crippen molar-refractivity contribution < 1.29 is 13.7 Å². The highest BCUT2D eigenvalue weighted by atomic mass is 32.2. The van der Waals surface area contributed by atoms with Crippen molar-refractivity contribution in [2.75, 3.05) is 10.6 Å². The van der Waals surface area contributed by atoms with E-state index in [0.717, 1.165) is 4.90 Å². The third-order valence-electron chi connectivity index (χ3n) is 4.13. The van der Waals surface area contributed by atoms with Gasteiger partial charge in [0.15, 0.2) is 5.65 Å². The number of thioether (sulfide) groups is 1. The van der Waals surface area contributed by atoms with Gasteiger partial charge in [0.1, 0.15) is 11.6 Å². The van der Waals surface area contributed by atoms with Gasteiger partial charge in [0.05, 0.1) is 5.69 Å².